The molecule has 1 amide bonds. The van der Waals surface area contributed by atoms with Crippen molar-refractivity contribution >= 4 is 23.5 Å². The minimum Gasteiger partial charge on any atom is -0.478 e. The Kier molecular flexibility index (Phi) is 4.99. The van der Waals surface area contributed by atoms with Gasteiger partial charge in [-0.1, -0.05) is 48.5 Å². The number of aromatic carboxylic acids is 2. The Labute approximate surface area is 154 Å². The maximum atomic E-state index is 12.6. The van der Waals surface area contributed by atoms with Crippen molar-refractivity contribution in [1.82, 2.24) is 0 Å². The zero-order chi connectivity index (χ0) is 19.4. The molecule has 6 heteroatoms. The highest BCUT2D eigenvalue weighted by molar-refractivity contribution is 6.12. The van der Waals surface area contributed by atoms with E-state index in [9.17, 15) is 24.6 Å². The highest BCUT2D eigenvalue weighted by atomic mass is 16.4. The minimum atomic E-state index is -1.24. The summed E-state index contributed by atoms with van der Waals surface area (Å²) in [5.41, 5.74) is 1.38. The zero-order valence-electron chi connectivity index (χ0n) is 14.0. The number of carboxylic acid groups (broad SMARTS) is 2. The highest BCUT2D eigenvalue weighted by Crippen LogP contribution is 2.26. The fourth-order valence-electron chi connectivity index (χ4n) is 2.70. The topological polar surface area (TPSA) is 104 Å². The molecule has 0 aliphatic heterocycles. The number of hydrogen-bond donors (Lipinski definition) is 3. The lowest BCUT2D eigenvalue weighted by molar-refractivity contribution is 0.0684. The van der Waals surface area contributed by atoms with Crippen molar-refractivity contribution in [3.05, 3.63) is 89.5 Å². The second-order valence-electron chi connectivity index (χ2n) is 5.74. The van der Waals surface area contributed by atoms with Crippen molar-refractivity contribution in [3.8, 4) is 11.1 Å². The summed E-state index contributed by atoms with van der Waals surface area (Å²) in [6.45, 7) is 0. The van der Waals surface area contributed by atoms with Gasteiger partial charge in [0.15, 0.2) is 0 Å². The van der Waals surface area contributed by atoms with Crippen molar-refractivity contribution < 1.29 is 24.6 Å². The number of rotatable bonds is 5. The molecule has 0 radical (unpaired) electrons. The van der Waals surface area contributed by atoms with Gasteiger partial charge < -0.3 is 15.5 Å². The normalized spacial score (nSPS) is 10.2. The molecule has 0 fully saturated rings. The summed E-state index contributed by atoms with van der Waals surface area (Å²) < 4.78 is 0. The first kappa shape index (κ1) is 17.9. The molecule has 27 heavy (non-hydrogen) atoms. The Morgan fingerprint density at radius 1 is 0.630 bits per heavy atom. The zero-order valence-corrected chi connectivity index (χ0v) is 14.0. The highest BCUT2D eigenvalue weighted by Gasteiger charge is 2.19. The van der Waals surface area contributed by atoms with Gasteiger partial charge >= 0.3 is 11.9 Å². The first-order valence-corrected chi connectivity index (χ1v) is 8.04. The quantitative estimate of drug-likeness (QED) is 0.637. The lowest BCUT2D eigenvalue weighted by Gasteiger charge is -2.12. The lowest BCUT2D eigenvalue weighted by Crippen LogP contribution is -2.18. The Bertz CT molecular complexity index is 1030. The number of anilines is 1. The van der Waals surface area contributed by atoms with E-state index in [1.807, 2.05) is 30.3 Å². The van der Waals surface area contributed by atoms with E-state index in [4.69, 9.17) is 0 Å². The fourth-order valence-corrected chi connectivity index (χ4v) is 2.70. The number of amides is 1. The van der Waals surface area contributed by atoms with Crippen molar-refractivity contribution in [3.63, 3.8) is 0 Å². The molecule has 3 aromatic carbocycles. The van der Waals surface area contributed by atoms with Crippen molar-refractivity contribution in [2.75, 3.05) is 5.32 Å². The molecule has 0 unspecified atom stereocenters. The molecule has 0 aliphatic rings. The molecular weight excluding hydrogens is 346 g/mol. The molecule has 0 saturated heterocycles. The van der Waals surface area contributed by atoms with Crippen LogP contribution >= 0.6 is 0 Å². The summed E-state index contributed by atoms with van der Waals surface area (Å²) in [6, 6.07) is 19.6. The SMILES string of the molecule is O=C(O)c1ccc(-c2ccccc2)cc1NC(=O)c1ccccc1C(=O)O. The summed E-state index contributed by atoms with van der Waals surface area (Å²) in [7, 11) is 0. The minimum absolute atomic E-state index is 0.0496. The molecule has 0 aliphatic carbocycles. The van der Waals surface area contributed by atoms with E-state index in [0.717, 1.165) is 11.1 Å². The largest absolute Gasteiger partial charge is 0.478 e. The van der Waals surface area contributed by atoms with Crippen LogP contribution in [0.2, 0.25) is 0 Å². The average molecular weight is 361 g/mol. The molecule has 0 heterocycles. The number of carbonyl (C=O) groups excluding carboxylic acids is 1. The van der Waals surface area contributed by atoms with E-state index in [1.165, 1.54) is 24.3 Å². The third-order valence-electron chi connectivity index (χ3n) is 4.01. The molecule has 134 valence electrons. The summed E-state index contributed by atoms with van der Waals surface area (Å²) in [6.07, 6.45) is 0. The van der Waals surface area contributed by atoms with Gasteiger partial charge in [0.25, 0.3) is 5.91 Å². The van der Waals surface area contributed by atoms with E-state index in [0.29, 0.717) is 0 Å². The maximum Gasteiger partial charge on any atom is 0.337 e. The summed E-state index contributed by atoms with van der Waals surface area (Å²) in [5.74, 6) is -3.13. The molecule has 0 saturated carbocycles. The molecule has 0 spiro atoms. The van der Waals surface area contributed by atoms with Crippen molar-refractivity contribution in [2.24, 2.45) is 0 Å². The number of nitrogens with one attached hydrogen (secondary N) is 1. The van der Waals surface area contributed by atoms with Gasteiger partial charge in [-0.25, -0.2) is 9.59 Å². The number of carbonyl (C=O) groups is 3. The van der Waals surface area contributed by atoms with Gasteiger partial charge in [-0.05, 0) is 35.4 Å². The molecule has 3 N–H and O–H groups in total. The Hall–Kier alpha value is -3.93. The van der Waals surface area contributed by atoms with Crippen LogP contribution < -0.4 is 5.32 Å². The average Bonchev–Trinajstić information content (AvgIpc) is 2.68. The van der Waals surface area contributed by atoms with Gasteiger partial charge in [-0.2, -0.15) is 0 Å². The molecular formula is C21H15NO5. The van der Waals surface area contributed by atoms with Gasteiger partial charge in [0, 0.05) is 0 Å². The van der Waals surface area contributed by atoms with Crippen LogP contribution in [0.15, 0.2) is 72.8 Å². The van der Waals surface area contributed by atoms with Crippen LogP contribution in [-0.2, 0) is 0 Å². The van der Waals surface area contributed by atoms with Crippen LogP contribution in [0, 0.1) is 0 Å². The first-order chi connectivity index (χ1) is 13.0. The monoisotopic (exact) mass is 361 g/mol. The Balaban J connectivity index is 2.01. The van der Waals surface area contributed by atoms with Gasteiger partial charge in [0.2, 0.25) is 0 Å². The van der Waals surface area contributed by atoms with Crippen molar-refractivity contribution in [1.29, 1.82) is 0 Å². The molecule has 3 rings (SSSR count). The first-order valence-electron chi connectivity index (χ1n) is 8.04. The van der Waals surface area contributed by atoms with Gasteiger partial charge in [-0.15, -0.1) is 0 Å². The number of benzene rings is 3. The second kappa shape index (κ2) is 7.53. The Morgan fingerprint density at radius 3 is 1.85 bits per heavy atom. The van der Waals surface area contributed by atoms with Gasteiger partial charge in [0.05, 0.1) is 22.4 Å². The van der Waals surface area contributed by atoms with Gasteiger partial charge in [-0.3, -0.25) is 4.79 Å². The van der Waals surface area contributed by atoms with Crippen molar-refractivity contribution in [2.45, 2.75) is 0 Å². The van der Waals surface area contributed by atoms with E-state index in [2.05, 4.69) is 5.32 Å². The molecule has 3 aromatic rings. The molecule has 6 nitrogen and oxygen atoms in total. The standard InChI is InChI=1S/C21H15NO5/c23-19(15-8-4-5-9-16(15)20(24)25)22-18-12-14(10-11-17(18)21(26)27)13-6-2-1-3-7-13/h1-12H,(H,22,23)(H,24,25)(H,26,27). The van der Waals surface area contributed by atoms with Crippen LogP contribution in [0.1, 0.15) is 31.1 Å². The second-order valence-corrected chi connectivity index (χ2v) is 5.74. The summed E-state index contributed by atoms with van der Waals surface area (Å²) in [5, 5.41) is 21.2. The van der Waals surface area contributed by atoms with Crippen LogP contribution in [0.25, 0.3) is 11.1 Å². The smallest absolute Gasteiger partial charge is 0.337 e. The summed E-state index contributed by atoms with van der Waals surface area (Å²) in [4.78, 5) is 35.4. The fraction of sp³-hybridized carbons (Fsp3) is 0. The number of hydrogen-bond acceptors (Lipinski definition) is 3. The van der Waals surface area contributed by atoms with E-state index in [1.54, 1.807) is 18.2 Å². The maximum absolute atomic E-state index is 12.6. The van der Waals surface area contributed by atoms with Crippen LogP contribution in [0.5, 0.6) is 0 Å². The van der Waals surface area contributed by atoms with Crippen LogP contribution in [0.4, 0.5) is 5.69 Å². The third-order valence-corrected chi connectivity index (χ3v) is 4.01. The molecule has 0 atom stereocenters. The van der Waals surface area contributed by atoms with Gasteiger partial charge in [0.1, 0.15) is 0 Å². The third kappa shape index (κ3) is 3.85. The molecule has 0 bridgehead atoms. The van der Waals surface area contributed by atoms with E-state index in [-0.39, 0.29) is 22.4 Å². The number of carboxylic acids is 2. The predicted octanol–water partition coefficient (Wildman–Crippen LogP) is 4.00. The van der Waals surface area contributed by atoms with Crippen LogP contribution in [-0.4, -0.2) is 28.1 Å². The summed E-state index contributed by atoms with van der Waals surface area (Å²) >= 11 is 0. The predicted molar refractivity (Wildman–Crippen MR) is 100 cm³/mol. The Morgan fingerprint density at radius 2 is 1.22 bits per heavy atom. The van der Waals surface area contributed by atoms with E-state index >= 15 is 0 Å². The molecule has 0 aromatic heterocycles. The van der Waals surface area contributed by atoms with E-state index < -0.39 is 17.8 Å². The lowest BCUT2D eigenvalue weighted by atomic mass is 10.0. The van der Waals surface area contributed by atoms with Crippen LogP contribution in [0.3, 0.4) is 0 Å².